The van der Waals surface area contributed by atoms with E-state index in [1.54, 1.807) is 13.8 Å². The Balaban J connectivity index is 4.20. The molecular formula is C16H27NO6. The molecule has 0 spiro atoms. The van der Waals surface area contributed by atoms with E-state index in [-0.39, 0.29) is 32.0 Å². The number of carbonyl (C=O) groups excluding carboxylic acids is 2. The fraction of sp³-hybridized carbons (Fsp3) is 0.688. The number of esters is 1. The van der Waals surface area contributed by atoms with Gasteiger partial charge in [-0.3, -0.25) is 14.4 Å². The lowest BCUT2D eigenvalue weighted by atomic mass is 9.87. The molecule has 7 nitrogen and oxygen atoms in total. The van der Waals surface area contributed by atoms with E-state index in [0.29, 0.717) is 6.42 Å². The lowest BCUT2D eigenvalue weighted by Crippen LogP contribution is -2.46. The van der Waals surface area contributed by atoms with Crippen LogP contribution in [0.1, 0.15) is 46.5 Å². The molecule has 0 aliphatic heterocycles. The van der Waals surface area contributed by atoms with Gasteiger partial charge in [-0.15, -0.1) is 0 Å². The van der Waals surface area contributed by atoms with Crippen molar-refractivity contribution in [2.24, 2.45) is 5.41 Å². The van der Waals surface area contributed by atoms with Gasteiger partial charge in [0.25, 0.3) is 0 Å². The number of hydrogen-bond donors (Lipinski definition) is 3. The Morgan fingerprint density at radius 1 is 1.26 bits per heavy atom. The van der Waals surface area contributed by atoms with Crippen LogP contribution in [0, 0.1) is 5.41 Å². The lowest BCUT2D eigenvalue weighted by Gasteiger charge is -2.28. The Kier molecular flexibility index (Phi) is 9.89. The second kappa shape index (κ2) is 10.8. The van der Waals surface area contributed by atoms with Gasteiger partial charge >= 0.3 is 11.9 Å². The minimum Gasteiger partial charge on any atom is -0.481 e. The highest BCUT2D eigenvalue weighted by Gasteiger charge is 2.34. The van der Waals surface area contributed by atoms with E-state index >= 15 is 0 Å². The van der Waals surface area contributed by atoms with Gasteiger partial charge in [0, 0.05) is 18.4 Å². The predicted octanol–water partition coefficient (Wildman–Crippen LogP) is 1.25. The lowest BCUT2D eigenvalue weighted by molar-refractivity contribution is -0.153. The number of ether oxygens (including phenoxy) is 1. The summed E-state index contributed by atoms with van der Waals surface area (Å²) >= 11 is 0. The minimum absolute atomic E-state index is 0.0635. The summed E-state index contributed by atoms with van der Waals surface area (Å²) in [6.45, 7) is 4.95. The van der Waals surface area contributed by atoms with Crippen molar-refractivity contribution in [3.63, 3.8) is 0 Å². The van der Waals surface area contributed by atoms with Crippen LogP contribution in [-0.4, -0.2) is 47.3 Å². The molecule has 7 heteroatoms. The zero-order chi connectivity index (χ0) is 17.9. The molecule has 0 aliphatic carbocycles. The molecule has 1 amide bonds. The van der Waals surface area contributed by atoms with E-state index < -0.39 is 23.4 Å². The fourth-order valence-corrected chi connectivity index (χ4v) is 1.69. The Bertz CT molecular complexity index is 430. The van der Waals surface area contributed by atoms with Gasteiger partial charge in [-0.25, -0.2) is 0 Å². The molecule has 1 atom stereocenters. The molecule has 0 unspecified atom stereocenters. The van der Waals surface area contributed by atoms with Crippen LogP contribution in [0.15, 0.2) is 12.2 Å². The average molecular weight is 329 g/mol. The third-order valence-corrected chi connectivity index (χ3v) is 3.22. The summed E-state index contributed by atoms with van der Waals surface area (Å²) in [4.78, 5) is 33.7. The number of hydrogen-bond acceptors (Lipinski definition) is 5. The number of aliphatic hydroxyl groups is 1. The Labute approximate surface area is 136 Å². The van der Waals surface area contributed by atoms with Crippen LogP contribution in [0.4, 0.5) is 0 Å². The van der Waals surface area contributed by atoms with Crippen LogP contribution in [0.2, 0.25) is 0 Å². The maximum atomic E-state index is 11.8. The van der Waals surface area contributed by atoms with Crippen LogP contribution in [0.3, 0.4) is 0 Å². The number of carbonyl (C=O) groups is 3. The highest BCUT2D eigenvalue weighted by Crippen LogP contribution is 2.21. The summed E-state index contributed by atoms with van der Waals surface area (Å²) in [5.74, 6) is -2.09. The molecule has 0 bridgehead atoms. The second-order valence-corrected chi connectivity index (χ2v) is 5.95. The monoisotopic (exact) mass is 329 g/mol. The average Bonchev–Trinajstić information content (AvgIpc) is 2.48. The first-order valence-corrected chi connectivity index (χ1v) is 7.65. The number of aliphatic carboxylic acids is 1. The van der Waals surface area contributed by atoms with E-state index in [4.69, 9.17) is 9.84 Å². The van der Waals surface area contributed by atoms with Crippen molar-refractivity contribution >= 4 is 17.8 Å². The van der Waals surface area contributed by atoms with Gasteiger partial charge in [-0.1, -0.05) is 26.0 Å². The van der Waals surface area contributed by atoms with Crippen molar-refractivity contribution in [2.75, 3.05) is 13.2 Å². The number of carboxylic acid groups (broad SMARTS) is 1. The fourth-order valence-electron chi connectivity index (χ4n) is 1.69. The van der Waals surface area contributed by atoms with Gasteiger partial charge in [0.1, 0.15) is 6.10 Å². The van der Waals surface area contributed by atoms with E-state index in [1.165, 1.54) is 0 Å². The predicted molar refractivity (Wildman–Crippen MR) is 84.7 cm³/mol. The summed E-state index contributed by atoms with van der Waals surface area (Å²) in [7, 11) is 0. The van der Waals surface area contributed by atoms with E-state index in [2.05, 4.69) is 5.32 Å². The van der Waals surface area contributed by atoms with Gasteiger partial charge in [0.15, 0.2) is 0 Å². The molecule has 0 rings (SSSR count). The SMILES string of the molecule is C/C=C\CCCC(=O)OCC(C)(C)[C@@H](O)C(=O)NCCC(=O)O. The number of amides is 1. The van der Waals surface area contributed by atoms with Crippen molar-refractivity contribution in [1.82, 2.24) is 5.32 Å². The van der Waals surface area contributed by atoms with Crippen molar-refractivity contribution in [1.29, 1.82) is 0 Å². The largest absolute Gasteiger partial charge is 0.481 e. The number of carboxylic acids is 1. The van der Waals surface area contributed by atoms with E-state index in [1.807, 2.05) is 19.1 Å². The van der Waals surface area contributed by atoms with E-state index in [0.717, 1.165) is 6.42 Å². The number of unbranched alkanes of at least 4 members (excludes halogenated alkanes) is 1. The molecule has 0 aromatic heterocycles. The third-order valence-electron chi connectivity index (χ3n) is 3.22. The van der Waals surface area contributed by atoms with E-state index in [9.17, 15) is 19.5 Å². The number of nitrogens with one attached hydrogen (secondary N) is 1. The van der Waals surface area contributed by atoms with Gasteiger partial charge in [0.2, 0.25) is 5.91 Å². The van der Waals surface area contributed by atoms with Crippen molar-refractivity contribution in [2.45, 2.75) is 52.6 Å². The smallest absolute Gasteiger partial charge is 0.305 e. The number of rotatable bonds is 11. The van der Waals surface area contributed by atoms with Gasteiger partial charge in [-0.05, 0) is 19.8 Å². The summed E-state index contributed by atoms with van der Waals surface area (Å²) in [6.07, 6.45) is 4.01. The number of allylic oxidation sites excluding steroid dienone is 2. The maximum absolute atomic E-state index is 11.8. The standard InChI is InChI=1S/C16H27NO6/c1-4-5-6-7-8-13(20)23-11-16(2,3)14(21)15(22)17-10-9-12(18)19/h4-5,14,21H,6-11H2,1-3H3,(H,17,22)(H,18,19)/b5-4-/t14-/m0/s1. The molecule has 0 saturated carbocycles. The molecule has 132 valence electrons. The van der Waals surface area contributed by atoms with Crippen LogP contribution in [-0.2, 0) is 19.1 Å². The van der Waals surface area contributed by atoms with Crippen LogP contribution >= 0.6 is 0 Å². The van der Waals surface area contributed by atoms with Crippen molar-refractivity contribution < 1.29 is 29.3 Å². The normalized spacial score (nSPS) is 12.9. The first kappa shape index (κ1) is 21.1. The molecule has 0 heterocycles. The molecule has 23 heavy (non-hydrogen) atoms. The van der Waals surface area contributed by atoms with Crippen LogP contribution < -0.4 is 5.32 Å². The van der Waals surface area contributed by atoms with Crippen LogP contribution in [0.25, 0.3) is 0 Å². The summed E-state index contributed by atoms with van der Waals surface area (Å²) in [5.41, 5.74) is -0.966. The topological polar surface area (TPSA) is 113 Å². The molecule has 0 aliphatic rings. The zero-order valence-corrected chi connectivity index (χ0v) is 14.0. The first-order chi connectivity index (χ1) is 10.7. The molecule has 0 fully saturated rings. The summed E-state index contributed by atoms with van der Waals surface area (Å²) < 4.78 is 5.10. The first-order valence-electron chi connectivity index (χ1n) is 7.65. The molecule has 0 aromatic rings. The van der Waals surface area contributed by atoms with Crippen LogP contribution in [0.5, 0.6) is 0 Å². The molecular weight excluding hydrogens is 302 g/mol. The highest BCUT2D eigenvalue weighted by atomic mass is 16.5. The van der Waals surface area contributed by atoms with Crippen molar-refractivity contribution in [3.8, 4) is 0 Å². The molecule has 0 aromatic carbocycles. The van der Waals surface area contributed by atoms with Gasteiger partial charge in [-0.2, -0.15) is 0 Å². The summed E-state index contributed by atoms with van der Waals surface area (Å²) in [5, 5.41) is 20.8. The van der Waals surface area contributed by atoms with Gasteiger partial charge < -0.3 is 20.3 Å². The quantitative estimate of drug-likeness (QED) is 0.299. The Morgan fingerprint density at radius 2 is 1.91 bits per heavy atom. The number of aliphatic hydroxyl groups excluding tert-OH is 1. The third kappa shape index (κ3) is 9.67. The van der Waals surface area contributed by atoms with Crippen molar-refractivity contribution in [3.05, 3.63) is 12.2 Å². The Hall–Kier alpha value is -1.89. The molecule has 0 saturated heterocycles. The second-order valence-electron chi connectivity index (χ2n) is 5.95. The maximum Gasteiger partial charge on any atom is 0.305 e. The highest BCUT2D eigenvalue weighted by molar-refractivity contribution is 5.81. The zero-order valence-electron chi connectivity index (χ0n) is 14.0. The molecule has 3 N–H and O–H groups in total. The molecule has 0 radical (unpaired) electrons. The summed E-state index contributed by atoms with van der Waals surface area (Å²) in [6, 6.07) is 0. The Morgan fingerprint density at radius 3 is 2.48 bits per heavy atom. The minimum atomic E-state index is -1.40. The van der Waals surface area contributed by atoms with Gasteiger partial charge in [0.05, 0.1) is 13.0 Å².